The molecule has 0 saturated heterocycles. The highest BCUT2D eigenvalue weighted by molar-refractivity contribution is 7.86. The Kier molecular flexibility index (Phi) is 3.13. The van der Waals surface area contributed by atoms with E-state index >= 15 is 0 Å². The number of benzene rings is 2. The first-order chi connectivity index (χ1) is 8.62. The summed E-state index contributed by atoms with van der Waals surface area (Å²) in [6.45, 7) is 1.42. The van der Waals surface area contributed by atoms with Crippen LogP contribution in [-0.4, -0.2) is 25.9 Å². The van der Waals surface area contributed by atoms with Crippen molar-refractivity contribution >= 4 is 31.0 Å². The van der Waals surface area contributed by atoms with Gasteiger partial charge in [-0.05, 0) is 18.6 Å². The summed E-state index contributed by atoms with van der Waals surface area (Å²) in [6.07, 6.45) is 0. The number of rotatable bonds is 2. The number of fused-ring (bicyclic) bond motifs is 1. The minimum Gasteiger partial charge on any atom is -0.744 e. The standard InChI is InChI=1S/C11H10O6S2/c1-7-5-6-8-9(11(7)19(15,16)17)3-2-4-10(8)18(12,13)14/h2-6H,1H3,(H,12,13,14)(H,15,16,17)/p-2. The van der Waals surface area contributed by atoms with Crippen LogP contribution in [0, 0.1) is 6.92 Å². The van der Waals surface area contributed by atoms with Crippen molar-refractivity contribution in [1.82, 2.24) is 0 Å². The molecule has 0 spiro atoms. The molecule has 0 aliphatic carbocycles. The molecule has 0 saturated carbocycles. The maximum atomic E-state index is 11.2. The van der Waals surface area contributed by atoms with Gasteiger partial charge in [0.2, 0.25) is 0 Å². The highest BCUT2D eigenvalue weighted by Gasteiger charge is 2.14. The van der Waals surface area contributed by atoms with Crippen LogP contribution in [0.4, 0.5) is 0 Å². The SMILES string of the molecule is Cc1ccc2c(S(=O)(=O)[O-])cccc2c1S(=O)(=O)[O-]. The maximum absolute atomic E-state index is 11.2. The normalized spacial score (nSPS) is 12.8. The average molecular weight is 300 g/mol. The highest BCUT2D eigenvalue weighted by atomic mass is 32.2. The van der Waals surface area contributed by atoms with Gasteiger partial charge in [-0.1, -0.05) is 24.3 Å². The zero-order valence-corrected chi connectivity index (χ0v) is 11.3. The van der Waals surface area contributed by atoms with Crippen molar-refractivity contribution in [1.29, 1.82) is 0 Å². The zero-order chi connectivity index (χ0) is 14.4. The molecule has 0 heterocycles. The Morgan fingerprint density at radius 3 is 2.00 bits per heavy atom. The Labute approximate surface area is 110 Å². The van der Waals surface area contributed by atoms with E-state index < -0.39 is 30.0 Å². The Morgan fingerprint density at radius 1 is 0.842 bits per heavy atom. The second-order valence-corrected chi connectivity index (χ2v) is 6.64. The predicted molar refractivity (Wildman–Crippen MR) is 64.6 cm³/mol. The molecule has 0 bridgehead atoms. The van der Waals surface area contributed by atoms with Gasteiger partial charge in [-0.3, -0.25) is 0 Å². The van der Waals surface area contributed by atoms with Gasteiger partial charge in [-0.15, -0.1) is 0 Å². The lowest BCUT2D eigenvalue weighted by molar-refractivity contribution is 0.460. The Hall–Kier alpha value is -1.48. The molecule has 0 aromatic heterocycles. The quantitative estimate of drug-likeness (QED) is 0.763. The van der Waals surface area contributed by atoms with Gasteiger partial charge in [0.25, 0.3) is 0 Å². The summed E-state index contributed by atoms with van der Waals surface area (Å²) < 4.78 is 67.1. The van der Waals surface area contributed by atoms with E-state index in [1.807, 2.05) is 0 Å². The van der Waals surface area contributed by atoms with Gasteiger partial charge >= 0.3 is 0 Å². The van der Waals surface area contributed by atoms with E-state index in [0.717, 1.165) is 6.07 Å². The van der Waals surface area contributed by atoms with Crippen LogP contribution in [0.2, 0.25) is 0 Å². The Balaban J connectivity index is 3.07. The molecule has 8 heteroatoms. The molecule has 0 radical (unpaired) electrons. The van der Waals surface area contributed by atoms with Crippen LogP contribution in [0.5, 0.6) is 0 Å². The molecule has 19 heavy (non-hydrogen) atoms. The average Bonchev–Trinajstić information content (AvgIpc) is 2.24. The van der Waals surface area contributed by atoms with E-state index in [4.69, 9.17) is 0 Å². The van der Waals surface area contributed by atoms with Crippen molar-refractivity contribution in [2.45, 2.75) is 16.7 Å². The summed E-state index contributed by atoms with van der Waals surface area (Å²) in [6, 6.07) is 6.19. The van der Waals surface area contributed by atoms with Crippen molar-refractivity contribution in [3.05, 3.63) is 35.9 Å². The summed E-state index contributed by atoms with van der Waals surface area (Å²) >= 11 is 0. The van der Waals surface area contributed by atoms with E-state index in [1.165, 1.54) is 31.2 Å². The molecule has 0 aliphatic rings. The molecule has 0 aliphatic heterocycles. The molecule has 2 rings (SSSR count). The van der Waals surface area contributed by atoms with Crippen molar-refractivity contribution in [3.8, 4) is 0 Å². The van der Waals surface area contributed by atoms with Gasteiger partial charge in [-0.25, -0.2) is 16.8 Å². The van der Waals surface area contributed by atoms with E-state index in [2.05, 4.69) is 0 Å². The lowest BCUT2D eigenvalue weighted by atomic mass is 10.1. The summed E-state index contributed by atoms with van der Waals surface area (Å²) in [4.78, 5) is -1.05. The minimum absolute atomic E-state index is 0.0630. The van der Waals surface area contributed by atoms with E-state index in [0.29, 0.717) is 0 Å². The Bertz CT molecular complexity index is 865. The molecule has 0 atom stereocenters. The fourth-order valence-corrected chi connectivity index (χ4v) is 3.56. The first-order valence-electron chi connectivity index (χ1n) is 5.06. The lowest BCUT2D eigenvalue weighted by Crippen LogP contribution is -2.05. The number of aryl methyl sites for hydroxylation is 1. The lowest BCUT2D eigenvalue weighted by Gasteiger charge is -2.16. The number of hydrogen-bond donors (Lipinski definition) is 0. The molecular formula is C11H8O6S2-2. The van der Waals surface area contributed by atoms with Crippen molar-refractivity contribution < 1.29 is 25.9 Å². The van der Waals surface area contributed by atoms with Gasteiger partial charge in [0.05, 0.1) is 9.79 Å². The first-order valence-corrected chi connectivity index (χ1v) is 7.88. The molecular weight excluding hydrogens is 292 g/mol. The molecule has 0 amide bonds. The van der Waals surface area contributed by atoms with Gasteiger partial charge in [0, 0.05) is 10.8 Å². The molecule has 0 unspecified atom stereocenters. The molecule has 102 valence electrons. The molecule has 0 N–H and O–H groups in total. The van der Waals surface area contributed by atoms with E-state index in [9.17, 15) is 25.9 Å². The third-order valence-corrected chi connectivity index (χ3v) is 4.62. The Morgan fingerprint density at radius 2 is 1.47 bits per heavy atom. The zero-order valence-electron chi connectivity index (χ0n) is 9.65. The predicted octanol–water partition coefficient (Wildman–Crippen LogP) is 0.956. The van der Waals surface area contributed by atoms with Gasteiger partial charge in [0.15, 0.2) is 0 Å². The second kappa shape index (κ2) is 4.27. The smallest absolute Gasteiger partial charge is 0.125 e. The summed E-state index contributed by atoms with van der Waals surface area (Å²) in [7, 11) is -9.52. The van der Waals surface area contributed by atoms with Crippen LogP contribution in [0.3, 0.4) is 0 Å². The van der Waals surface area contributed by atoms with Crippen molar-refractivity contribution in [2.24, 2.45) is 0 Å². The summed E-state index contributed by atoms with van der Waals surface area (Å²) in [5.41, 5.74) is 0.197. The van der Waals surface area contributed by atoms with Gasteiger partial charge in [-0.2, -0.15) is 0 Å². The molecule has 6 nitrogen and oxygen atoms in total. The number of hydrogen-bond acceptors (Lipinski definition) is 6. The van der Waals surface area contributed by atoms with Crippen LogP contribution in [0.25, 0.3) is 10.8 Å². The largest absolute Gasteiger partial charge is 0.744 e. The van der Waals surface area contributed by atoms with Crippen LogP contribution in [0.1, 0.15) is 5.56 Å². The van der Waals surface area contributed by atoms with Crippen LogP contribution in [0.15, 0.2) is 40.1 Å². The first kappa shape index (κ1) is 13.9. The van der Waals surface area contributed by atoms with E-state index in [1.54, 1.807) is 0 Å². The van der Waals surface area contributed by atoms with Gasteiger partial charge < -0.3 is 9.11 Å². The monoisotopic (exact) mass is 300 g/mol. The molecule has 0 fully saturated rings. The molecule has 2 aromatic carbocycles. The van der Waals surface area contributed by atoms with E-state index in [-0.39, 0.29) is 16.3 Å². The molecule has 2 aromatic rings. The van der Waals surface area contributed by atoms with Crippen LogP contribution < -0.4 is 0 Å². The fraction of sp³-hybridized carbons (Fsp3) is 0.0909. The third kappa shape index (κ3) is 2.47. The maximum Gasteiger partial charge on any atom is 0.125 e. The van der Waals surface area contributed by atoms with Crippen molar-refractivity contribution in [3.63, 3.8) is 0 Å². The van der Waals surface area contributed by atoms with Crippen LogP contribution >= 0.6 is 0 Å². The third-order valence-electron chi connectivity index (χ3n) is 2.69. The summed E-state index contributed by atoms with van der Waals surface area (Å²) in [5, 5.41) is -0.135. The fourth-order valence-electron chi connectivity index (χ4n) is 1.96. The van der Waals surface area contributed by atoms with Crippen molar-refractivity contribution in [2.75, 3.05) is 0 Å². The topological polar surface area (TPSA) is 114 Å². The van der Waals surface area contributed by atoms with Gasteiger partial charge in [0.1, 0.15) is 20.2 Å². The second-order valence-electron chi connectivity index (χ2n) is 3.97. The highest BCUT2D eigenvalue weighted by Crippen LogP contribution is 2.30. The minimum atomic E-state index is -4.77. The van der Waals surface area contributed by atoms with Crippen LogP contribution in [-0.2, 0) is 20.2 Å². The summed E-state index contributed by atoms with van der Waals surface area (Å²) in [5.74, 6) is 0.